The quantitative estimate of drug-likeness (QED) is 0.284. The Kier molecular flexibility index (Phi) is 5.24. The van der Waals surface area contributed by atoms with Gasteiger partial charge in [-0.05, 0) is 100 Å². The van der Waals surface area contributed by atoms with E-state index in [2.05, 4.69) is 85.0 Å². The highest BCUT2D eigenvalue weighted by molar-refractivity contribution is 6.10. The van der Waals surface area contributed by atoms with E-state index in [0.717, 1.165) is 12.0 Å². The Labute approximate surface area is 209 Å². The summed E-state index contributed by atoms with van der Waals surface area (Å²) >= 11 is 0. The molecule has 2 atom stereocenters. The molecule has 0 aromatic heterocycles. The second-order valence-electron chi connectivity index (χ2n) is 11.5. The van der Waals surface area contributed by atoms with Crippen molar-refractivity contribution in [2.75, 3.05) is 6.54 Å². The number of rotatable bonds is 6. The van der Waals surface area contributed by atoms with Crippen molar-refractivity contribution in [3.05, 3.63) is 83.9 Å². The lowest BCUT2D eigenvalue weighted by Gasteiger charge is -2.52. The molecule has 0 aliphatic heterocycles. The number of benzene rings is 4. The summed E-state index contributed by atoms with van der Waals surface area (Å²) in [7, 11) is 0. The third kappa shape index (κ3) is 3.24. The van der Waals surface area contributed by atoms with Crippen LogP contribution in [0.3, 0.4) is 0 Å². The Hall–Kier alpha value is -2.64. The average molecular weight is 460 g/mol. The standard InChI is InChI=1S/C34H37N/c1-2-3-21-35-26-16-15-25(22-26)34(19-8-20-34)33-29-17-13-23-9-4-6-11-27(23)31(29)32-28-12-7-5-10-24(28)14-18-30(32)33/h4-7,9-14,17-18,25-26,33,35H,2-3,8,15-16,19-22H2,1H3. The lowest BCUT2D eigenvalue weighted by atomic mass is 9.52. The summed E-state index contributed by atoms with van der Waals surface area (Å²) in [4.78, 5) is 0. The van der Waals surface area contributed by atoms with E-state index in [9.17, 15) is 0 Å². The second-order valence-corrected chi connectivity index (χ2v) is 11.5. The Morgan fingerprint density at radius 1 is 0.771 bits per heavy atom. The molecule has 178 valence electrons. The van der Waals surface area contributed by atoms with E-state index < -0.39 is 0 Å². The van der Waals surface area contributed by atoms with Crippen molar-refractivity contribution in [1.29, 1.82) is 0 Å². The summed E-state index contributed by atoms with van der Waals surface area (Å²) in [6, 6.07) is 28.6. The molecule has 2 fully saturated rings. The molecule has 0 saturated heterocycles. The lowest BCUT2D eigenvalue weighted by Crippen LogP contribution is -2.42. The van der Waals surface area contributed by atoms with Gasteiger partial charge in [0.15, 0.2) is 0 Å². The Balaban J connectivity index is 1.39. The van der Waals surface area contributed by atoms with Gasteiger partial charge in [0, 0.05) is 12.0 Å². The largest absolute Gasteiger partial charge is 0.314 e. The maximum atomic E-state index is 3.91. The summed E-state index contributed by atoms with van der Waals surface area (Å²) in [5.74, 6) is 1.37. The average Bonchev–Trinajstić information content (AvgIpc) is 3.48. The van der Waals surface area contributed by atoms with Crippen LogP contribution in [0.25, 0.3) is 32.7 Å². The molecule has 4 aromatic carbocycles. The first kappa shape index (κ1) is 21.6. The van der Waals surface area contributed by atoms with Gasteiger partial charge in [0.2, 0.25) is 0 Å². The number of hydrogen-bond acceptors (Lipinski definition) is 1. The van der Waals surface area contributed by atoms with Crippen LogP contribution in [-0.4, -0.2) is 12.6 Å². The number of nitrogens with one attached hydrogen (secondary N) is 1. The van der Waals surface area contributed by atoms with Crippen LogP contribution in [-0.2, 0) is 0 Å². The van der Waals surface area contributed by atoms with Crippen molar-refractivity contribution >= 4 is 21.5 Å². The van der Waals surface area contributed by atoms with Gasteiger partial charge in [-0.3, -0.25) is 0 Å². The molecule has 0 spiro atoms. The van der Waals surface area contributed by atoms with Crippen LogP contribution >= 0.6 is 0 Å². The fourth-order valence-corrected chi connectivity index (χ4v) is 8.09. The first-order chi connectivity index (χ1) is 17.3. The van der Waals surface area contributed by atoms with Crippen molar-refractivity contribution < 1.29 is 0 Å². The first-order valence-corrected chi connectivity index (χ1v) is 14.1. The second kappa shape index (κ2) is 8.49. The van der Waals surface area contributed by atoms with Crippen molar-refractivity contribution in [3.8, 4) is 11.1 Å². The van der Waals surface area contributed by atoms with E-state index in [-0.39, 0.29) is 0 Å². The Morgan fingerprint density at radius 3 is 1.97 bits per heavy atom. The van der Waals surface area contributed by atoms with Crippen LogP contribution < -0.4 is 5.32 Å². The molecule has 2 unspecified atom stereocenters. The third-order valence-corrected chi connectivity index (χ3v) is 9.86. The summed E-state index contributed by atoms with van der Waals surface area (Å²) in [6.45, 7) is 3.48. The summed E-state index contributed by atoms with van der Waals surface area (Å²) in [5, 5.41) is 9.52. The van der Waals surface area contributed by atoms with Gasteiger partial charge in [-0.1, -0.05) is 92.6 Å². The molecule has 1 N–H and O–H groups in total. The van der Waals surface area contributed by atoms with E-state index in [1.807, 2.05) is 0 Å². The molecule has 0 radical (unpaired) electrons. The van der Waals surface area contributed by atoms with E-state index in [1.54, 1.807) is 11.1 Å². The molecule has 35 heavy (non-hydrogen) atoms. The molecule has 1 nitrogen and oxygen atoms in total. The normalized spacial score (nSPS) is 22.9. The minimum Gasteiger partial charge on any atom is -0.314 e. The predicted molar refractivity (Wildman–Crippen MR) is 149 cm³/mol. The molecule has 0 heterocycles. The van der Waals surface area contributed by atoms with Crippen LogP contribution in [0.1, 0.15) is 75.3 Å². The maximum Gasteiger partial charge on any atom is 0.0161 e. The van der Waals surface area contributed by atoms with Gasteiger partial charge < -0.3 is 5.32 Å². The molecular formula is C34H37N. The molecule has 1 heteroatoms. The minimum atomic E-state index is 0.423. The molecular weight excluding hydrogens is 422 g/mol. The van der Waals surface area contributed by atoms with Gasteiger partial charge in [0.1, 0.15) is 0 Å². The van der Waals surface area contributed by atoms with Crippen molar-refractivity contribution in [2.45, 2.75) is 70.3 Å². The van der Waals surface area contributed by atoms with E-state index in [4.69, 9.17) is 0 Å². The maximum absolute atomic E-state index is 3.91. The van der Waals surface area contributed by atoms with Crippen molar-refractivity contribution in [3.63, 3.8) is 0 Å². The van der Waals surface area contributed by atoms with Crippen LogP contribution in [0, 0.1) is 11.3 Å². The van der Waals surface area contributed by atoms with E-state index >= 15 is 0 Å². The van der Waals surface area contributed by atoms with Crippen molar-refractivity contribution in [2.24, 2.45) is 11.3 Å². The topological polar surface area (TPSA) is 12.0 Å². The number of unbranched alkanes of at least 4 members (excludes halogenated alkanes) is 1. The lowest BCUT2D eigenvalue weighted by molar-refractivity contribution is 0.0322. The highest BCUT2D eigenvalue weighted by atomic mass is 14.9. The first-order valence-electron chi connectivity index (χ1n) is 14.1. The van der Waals surface area contributed by atoms with Crippen LogP contribution in [0.4, 0.5) is 0 Å². The Bertz CT molecular complexity index is 1310. The van der Waals surface area contributed by atoms with Gasteiger partial charge in [-0.25, -0.2) is 0 Å². The fraction of sp³-hybridized carbons (Fsp3) is 0.412. The van der Waals surface area contributed by atoms with Gasteiger partial charge in [-0.15, -0.1) is 0 Å². The molecule has 7 rings (SSSR count). The molecule has 3 aliphatic rings. The van der Waals surface area contributed by atoms with Crippen LogP contribution in [0.5, 0.6) is 0 Å². The van der Waals surface area contributed by atoms with Gasteiger partial charge >= 0.3 is 0 Å². The van der Waals surface area contributed by atoms with Gasteiger partial charge in [-0.2, -0.15) is 0 Å². The van der Waals surface area contributed by atoms with Crippen LogP contribution in [0.15, 0.2) is 72.8 Å². The zero-order chi connectivity index (χ0) is 23.4. The van der Waals surface area contributed by atoms with Crippen molar-refractivity contribution in [1.82, 2.24) is 5.32 Å². The summed E-state index contributed by atoms with van der Waals surface area (Å²) < 4.78 is 0. The third-order valence-electron chi connectivity index (χ3n) is 9.86. The smallest absolute Gasteiger partial charge is 0.0161 e. The number of hydrogen-bond donors (Lipinski definition) is 1. The Morgan fingerprint density at radius 2 is 1.40 bits per heavy atom. The minimum absolute atomic E-state index is 0.423. The highest BCUT2D eigenvalue weighted by Gasteiger charge is 2.54. The SMILES string of the molecule is CCCCNC1CCC(C2(C3c4ccc5ccccc5c4-c4c3ccc3ccccc43)CCC2)C1. The molecule has 0 amide bonds. The molecule has 0 bridgehead atoms. The molecule has 3 aliphatic carbocycles. The monoisotopic (exact) mass is 459 g/mol. The molecule has 4 aromatic rings. The number of fused-ring (bicyclic) bond motifs is 7. The highest BCUT2D eigenvalue weighted by Crippen LogP contribution is 2.67. The fourth-order valence-electron chi connectivity index (χ4n) is 8.09. The van der Waals surface area contributed by atoms with Gasteiger partial charge in [0.25, 0.3) is 0 Å². The van der Waals surface area contributed by atoms with E-state index in [1.165, 1.54) is 90.6 Å². The van der Waals surface area contributed by atoms with E-state index in [0.29, 0.717) is 11.3 Å². The summed E-state index contributed by atoms with van der Waals surface area (Å²) in [6.07, 6.45) is 10.9. The predicted octanol–water partition coefficient (Wildman–Crippen LogP) is 8.83. The van der Waals surface area contributed by atoms with Crippen LogP contribution in [0.2, 0.25) is 0 Å². The summed E-state index contributed by atoms with van der Waals surface area (Å²) in [5.41, 5.74) is 6.70. The molecule has 2 saturated carbocycles. The van der Waals surface area contributed by atoms with Gasteiger partial charge in [0.05, 0.1) is 0 Å². The zero-order valence-corrected chi connectivity index (χ0v) is 21.0. The zero-order valence-electron chi connectivity index (χ0n) is 21.0.